The van der Waals surface area contributed by atoms with Crippen LogP contribution >= 0.6 is 11.6 Å². The van der Waals surface area contributed by atoms with Gasteiger partial charge >= 0.3 is 6.18 Å². The largest absolute Gasteiger partial charge is 0.416 e. The number of anilines is 1. The van der Waals surface area contributed by atoms with Gasteiger partial charge in [-0.05, 0) is 42.5 Å². The summed E-state index contributed by atoms with van der Waals surface area (Å²) in [5, 5.41) is 4.51. The molecular weight excluding hydrogens is 405 g/mol. The standard InChI is InChI=1S/C13H10ClF3N2O4S2/c14-11-6-1-8(13(15,16)17)7-12(11)25(22,23)19-9-2-4-10(5-3-9)24(18,20)21/h1-7,19H,(H2,18,20,21). The second kappa shape index (κ2) is 6.48. The number of rotatable bonds is 4. The lowest BCUT2D eigenvalue weighted by molar-refractivity contribution is -0.137. The van der Waals surface area contributed by atoms with Gasteiger partial charge in [0.25, 0.3) is 10.0 Å². The first kappa shape index (κ1) is 19.5. The van der Waals surface area contributed by atoms with Crippen LogP contribution in [0.25, 0.3) is 0 Å². The van der Waals surface area contributed by atoms with E-state index in [0.29, 0.717) is 12.1 Å². The summed E-state index contributed by atoms with van der Waals surface area (Å²) in [6.45, 7) is 0. The van der Waals surface area contributed by atoms with Crippen molar-refractivity contribution in [3.8, 4) is 0 Å². The molecule has 2 rings (SSSR count). The molecule has 0 bridgehead atoms. The third-order valence-electron chi connectivity index (χ3n) is 2.98. The average molecular weight is 415 g/mol. The van der Waals surface area contributed by atoms with Gasteiger partial charge in [0.05, 0.1) is 15.5 Å². The molecule has 25 heavy (non-hydrogen) atoms. The number of nitrogens with one attached hydrogen (secondary N) is 1. The van der Waals surface area contributed by atoms with Gasteiger partial charge in [0, 0.05) is 5.69 Å². The molecular formula is C13H10ClF3N2O4S2. The topological polar surface area (TPSA) is 106 Å². The smallest absolute Gasteiger partial charge is 0.280 e. The minimum absolute atomic E-state index is 0.0825. The molecule has 136 valence electrons. The van der Waals surface area contributed by atoms with E-state index in [1.165, 1.54) is 0 Å². The van der Waals surface area contributed by atoms with E-state index in [1.807, 2.05) is 4.72 Å². The predicted octanol–water partition coefficient (Wildman–Crippen LogP) is 2.81. The van der Waals surface area contributed by atoms with Gasteiger partial charge in [0.2, 0.25) is 10.0 Å². The first-order valence-corrected chi connectivity index (χ1v) is 9.74. The Hall–Kier alpha value is -1.82. The number of alkyl halides is 3. The van der Waals surface area contributed by atoms with Crippen molar-refractivity contribution in [3.63, 3.8) is 0 Å². The van der Waals surface area contributed by atoms with Crippen LogP contribution < -0.4 is 9.86 Å². The van der Waals surface area contributed by atoms with Crippen LogP contribution in [0.15, 0.2) is 52.3 Å². The van der Waals surface area contributed by atoms with E-state index in [-0.39, 0.29) is 10.6 Å². The van der Waals surface area contributed by atoms with E-state index in [9.17, 15) is 30.0 Å². The molecule has 12 heteroatoms. The van der Waals surface area contributed by atoms with Crippen molar-refractivity contribution in [2.45, 2.75) is 16.0 Å². The van der Waals surface area contributed by atoms with Crippen molar-refractivity contribution in [1.82, 2.24) is 0 Å². The number of hydrogen-bond donors (Lipinski definition) is 2. The summed E-state index contributed by atoms with van der Waals surface area (Å²) in [7, 11) is -8.41. The highest BCUT2D eigenvalue weighted by atomic mass is 35.5. The summed E-state index contributed by atoms with van der Waals surface area (Å²) in [4.78, 5) is -1.02. The number of sulfonamides is 2. The van der Waals surface area contributed by atoms with Crippen LogP contribution in [0, 0.1) is 0 Å². The van der Waals surface area contributed by atoms with Crippen molar-refractivity contribution >= 4 is 37.3 Å². The summed E-state index contributed by atoms with van der Waals surface area (Å²) < 4.78 is 87.1. The minimum Gasteiger partial charge on any atom is -0.280 e. The van der Waals surface area contributed by atoms with E-state index >= 15 is 0 Å². The lowest BCUT2D eigenvalue weighted by Gasteiger charge is -2.12. The normalized spacial score (nSPS) is 12.8. The summed E-state index contributed by atoms with van der Waals surface area (Å²) in [5.74, 6) is 0. The zero-order chi connectivity index (χ0) is 19.0. The Morgan fingerprint density at radius 1 is 0.960 bits per heavy atom. The maximum atomic E-state index is 12.7. The van der Waals surface area contributed by atoms with Gasteiger partial charge in [-0.1, -0.05) is 11.6 Å². The quantitative estimate of drug-likeness (QED) is 0.802. The highest BCUT2D eigenvalue weighted by Gasteiger charge is 2.32. The van der Waals surface area contributed by atoms with Crippen LogP contribution in [-0.2, 0) is 26.2 Å². The molecule has 3 N–H and O–H groups in total. The van der Waals surface area contributed by atoms with Gasteiger partial charge in [-0.2, -0.15) is 13.2 Å². The number of hydrogen-bond acceptors (Lipinski definition) is 4. The molecule has 2 aromatic rings. The van der Waals surface area contributed by atoms with Crippen LogP contribution in [0.4, 0.5) is 18.9 Å². The van der Waals surface area contributed by atoms with Crippen LogP contribution in [0.5, 0.6) is 0 Å². The molecule has 0 aliphatic rings. The molecule has 0 saturated carbocycles. The number of nitrogens with two attached hydrogens (primary N) is 1. The van der Waals surface area contributed by atoms with Crippen molar-refractivity contribution in [1.29, 1.82) is 0 Å². The molecule has 0 aromatic heterocycles. The molecule has 0 heterocycles. The molecule has 2 aromatic carbocycles. The Kier molecular flexibility index (Phi) is 5.06. The third kappa shape index (κ3) is 4.63. The molecule has 0 amide bonds. The van der Waals surface area contributed by atoms with Crippen molar-refractivity contribution in [2.24, 2.45) is 5.14 Å². The molecule has 0 unspecified atom stereocenters. The maximum Gasteiger partial charge on any atom is 0.416 e. The maximum absolute atomic E-state index is 12.7. The molecule has 0 atom stereocenters. The first-order chi connectivity index (χ1) is 11.3. The summed E-state index contributed by atoms with van der Waals surface area (Å²) in [6.07, 6.45) is -4.74. The van der Waals surface area contributed by atoms with E-state index in [0.717, 1.165) is 30.3 Å². The van der Waals surface area contributed by atoms with Crippen LogP contribution in [0.3, 0.4) is 0 Å². The summed E-state index contributed by atoms with van der Waals surface area (Å²) in [5.41, 5.74) is -1.26. The lowest BCUT2D eigenvalue weighted by atomic mass is 10.2. The molecule has 0 aliphatic heterocycles. The molecule has 0 aliphatic carbocycles. The second-order valence-corrected chi connectivity index (χ2v) is 8.44. The van der Waals surface area contributed by atoms with Gasteiger partial charge in [0.1, 0.15) is 4.90 Å². The SMILES string of the molecule is NS(=O)(=O)c1ccc(NS(=O)(=O)c2cc(C(F)(F)F)ccc2Cl)cc1. The Bertz CT molecular complexity index is 1000. The third-order valence-corrected chi connectivity index (χ3v) is 5.78. The first-order valence-electron chi connectivity index (χ1n) is 6.33. The molecule has 0 saturated heterocycles. The van der Waals surface area contributed by atoms with Crippen molar-refractivity contribution in [3.05, 3.63) is 53.1 Å². The van der Waals surface area contributed by atoms with Crippen LogP contribution in [0.2, 0.25) is 5.02 Å². The van der Waals surface area contributed by atoms with Gasteiger partial charge in [-0.15, -0.1) is 0 Å². The van der Waals surface area contributed by atoms with Crippen LogP contribution in [0.1, 0.15) is 5.56 Å². The highest BCUT2D eigenvalue weighted by molar-refractivity contribution is 7.92. The van der Waals surface area contributed by atoms with Gasteiger partial charge in [0.15, 0.2) is 0 Å². The second-order valence-electron chi connectivity index (χ2n) is 4.82. The zero-order valence-corrected chi connectivity index (χ0v) is 14.5. The number of primary sulfonamides is 1. The zero-order valence-electron chi connectivity index (χ0n) is 12.1. The Morgan fingerprint density at radius 3 is 2.00 bits per heavy atom. The summed E-state index contributed by atoms with van der Waals surface area (Å²) >= 11 is 5.70. The lowest BCUT2D eigenvalue weighted by Crippen LogP contribution is -2.16. The fourth-order valence-electron chi connectivity index (χ4n) is 1.81. The van der Waals surface area contributed by atoms with Gasteiger partial charge < -0.3 is 0 Å². The van der Waals surface area contributed by atoms with E-state index in [2.05, 4.69) is 0 Å². The molecule has 0 fully saturated rings. The van der Waals surface area contributed by atoms with E-state index in [1.54, 1.807) is 0 Å². The Morgan fingerprint density at radius 2 is 1.52 bits per heavy atom. The summed E-state index contributed by atoms with van der Waals surface area (Å²) in [6, 6.07) is 6.16. The van der Waals surface area contributed by atoms with E-state index < -0.39 is 41.7 Å². The monoisotopic (exact) mass is 414 g/mol. The molecule has 0 radical (unpaired) electrons. The Labute approximate surface area is 146 Å². The molecule has 6 nitrogen and oxygen atoms in total. The Balaban J connectivity index is 2.40. The van der Waals surface area contributed by atoms with Crippen LogP contribution in [-0.4, -0.2) is 16.8 Å². The van der Waals surface area contributed by atoms with Crippen molar-refractivity contribution < 1.29 is 30.0 Å². The van der Waals surface area contributed by atoms with E-state index in [4.69, 9.17) is 16.7 Å². The number of halogens is 4. The van der Waals surface area contributed by atoms with Crippen molar-refractivity contribution in [2.75, 3.05) is 4.72 Å². The highest BCUT2D eigenvalue weighted by Crippen LogP contribution is 2.34. The van der Waals surface area contributed by atoms with Gasteiger partial charge in [-0.3, -0.25) is 4.72 Å². The predicted molar refractivity (Wildman–Crippen MR) is 85.1 cm³/mol. The fraction of sp³-hybridized carbons (Fsp3) is 0.0769. The number of benzene rings is 2. The molecule has 0 spiro atoms. The van der Waals surface area contributed by atoms with Gasteiger partial charge in [-0.25, -0.2) is 22.0 Å². The average Bonchev–Trinajstić information content (AvgIpc) is 2.45. The minimum atomic E-state index is -4.74. The fourth-order valence-corrected chi connectivity index (χ4v) is 3.91.